The molecule has 1 amide bonds. The molecule has 0 atom stereocenters. The van der Waals surface area contributed by atoms with E-state index in [0.717, 1.165) is 19.6 Å². The van der Waals surface area contributed by atoms with Gasteiger partial charge in [-0.1, -0.05) is 35.9 Å². The number of piperazine rings is 1. The number of rotatable bonds is 3. The molecule has 3 aromatic rings. The van der Waals surface area contributed by atoms with Gasteiger partial charge in [0.25, 0.3) is 5.91 Å². The lowest BCUT2D eigenvalue weighted by Gasteiger charge is -2.34. The Bertz CT molecular complexity index is 1130. The van der Waals surface area contributed by atoms with Gasteiger partial charge < -0.3 is 4.90 Å². The second-order valence-electron chi connectivity index (χ2n) is 7.46. The van der Waals surface area contributed by atoms with Crippen molar-refractivity contribution < 1.29 is 4.79 Å². The van der Waals surface area contributed by atoms with Gasteiger partial charge in [0.15, 0.2) is 5.69 Å². The molecule has 2 aromatic carbocycles. The SMILES string of the molecule is Cc1ccccc1CN1CCN(C(=O)c2nn(C)c3ccc(Cl)cc3c2=O)CC1. The number of halogens is 1. The van der Waals surface area contributed by atoms with Gasteiger partial charge >= 0.3 is 0 Å². The van der Waals surface area contributed by atoms with Crippen LogP contribution in [-0.4, -0.2) is 51.7 Å². The quantitative estimate of drug-likeness (QED) is 0.666. The summed E-state index contributed by atoms with van der Waals surface area (Å²) in [5.41, 5.74) is 2.81. The average Bonchev–Trinajstić information content (AvgIpc) is 2.72. The lowest BCUT2D eigenvalue weighted by molar-refractivity contribution is 0.0619. The maximum atomic E-state index is 13.0. The molecule has 7 heteroatoms. The van der Waals surface area contributed by atoms with Crippen LogP contribution in [0.4, 0.5) is 0 Å². The van der Waals surface area contributed by atoms with E-state index in [-0.39, 0.29) is 17.0 Å². The van der Waals surface area contributed by atoms with Crippen LogP contribution < -0.4 is 5.43 Å². The molecule has 6 nitrogen and oxygen atoms in total. The number of aryl methyl sites for hydroxylation is 2. The highest BCUT2D eigenvalue weighted by molar-refractivity contribution is 6.31. The minimum Gasteiger partial charge on any atom is -0.335 e. The Balaban J connectivity index is 1.51. The van der Waals surface area contributed by atoms with E-state index in [9.17, 15) is 9.59 Å². The Morgan fingerprint density at radius 1 is 1.10 bits per heavy atom. The summed E-state index contributed by atoms with van der Waals surface area (Å²) < 4.78 is 1.56. The van der Waals surface area contributed by atoms with Crippen molar-refractivity contribution in [1.29, 1.82) is 0 Å². The van der Waals surface area contributed by atoms with E-state index in [4.69, 9.17) is 11.6 Å². The van der Waals surface area contributed by atoms with E-state index in [1.54, 1.807) is 34.8 Å². The normalized spacial score (nSPS) is 15.1. The second-order valence-corrected chi connectivity index (χ2v) is 7.89. The van der Waals surface area contributed by atoms with Crippen LogP contribution in [0.1, 0.15) is 21.6 Å². The van der Waals surface area contributed by atoms with Crippen molar-refractivity contribution in [2.45, 2.75) is 13.5 Å². The van der Waals surface area contributed by atoms with Crippen LogP contribution in [-0.2, 0) is 13.6 Å². The Hall–Kier alpha value is -2.70. The maximum absolute atomic E-state index is 13.0. The summed E-state index contributed by atoms with van der Waals surface area (Å²) in [6.45, 7) is 5.65. The van der Waals surface area contributed by atoms with E-state index >= 15 is 0 Å². The summed E-state index contributed by atoms with van der Waals surface area (Å²) in [5.74, 6) is -0.317. The predicted octanol–water partition coefficient (Wildman–Crippen LogP) is 2.85. The molecular weight excluding hydrogens is 388 g/mol. The largest absolute Gasteiger partial charge is 0.335 e. The summed E-state index contributed by atoms with van der Waals surface area (Å²) in [5, 5.41) is 5.14. The van der Waals surface area contributed by atoms with Crippen LogP contribution in [0.25, 0.3) is 10.9 Å². The summed E-state index contributed by atoms with van der Waals surface area (Å²) in [6, 6.07) is 13.4. The van der Waals surface area contributed by atoms with Crippen LogP contribution in [0.2, 0.25) is 5.02 Å². The molecule has 0 bridgehead atoms. The lowest BCUT2D eigenvalue weighted by Crippen LogP contribution is -2.49. The number of hydrogen-bond acceptors (Lipinski definition) is 4. The highest BCUT2D eigenvalue weighted by atomic mass is 35.5. The zero-order valence-corrected chi connectivity index (χ0v) is 17.3. The molecule has 0 saturated carbocycles. The number of hydrogen-bond donors (Lipinski definition) is 0. The van der Waals surface area contributed by atoms with Crippen molar-refractivity contribution in [2.24, 2.45) is 7.05 Å². The molecule has 0 radical (unpaired) electrons. The second kappa shape index (κ2) is 7.97. The van der Waals surface area contributed by atoms with Crippen LogP contribution in [0.3, 0.4) is 0 Å². The minimum atomic E-state index is -0.368. The minimum absolute atomic E-state index is 0.0466. The zero-order chi connectivity index (χ0) is 20.5. The molecule has 1 fully saturated rings. The Morgan fingerprint density at radius 3 is 2.55 bits per heavy atom. The molecule has 1 aromatic heterocycles. The van der Waals surface area contributed by atoms with E-state index in [1.807, 2.05) is 6.07 Å². The third kappa shape index (κ3) is 3.91. The average molecular weight is 411 g/mol. The highest BCUT2D eigenvalue weighted by Crippen LogP contribution is 2.17. The molecular formula is C22H23ClN4O2. The van der Waals surface area contributed by atoms with Crippen LogP contribution in [0.5, 0.6) is 0 Å². The van der Waals surface area contributed by atoms with E-state index in [0.29, 0.717) is 29.0 Å². The lowest BCUT2D eigenvalue weighted by atomic mass is 10.1. The number of aromatic nitrogens is 2. The van der Waals surface area contributed by atoms with E-state index in [2.05, 4.69) is 35.1 Å². The van der Waals surface area contributed by atoms with Gasteiger partial charge in [-0.25, -0.2) is 0 Å². The van der Waals surface area contributed by atoms with E-state index < -0.39 is 0 Å². The van der Waals surface area contributed by atoms with Gasteiger partial charge in [-0.05, 0) is 36.2 Å². The van der Waals surface area contributed by atoms with Crippen molar-refractivity contribution >= 4 is 28.4 Å². The first kappa shape index (κ1) is 19.6. The molecule has 29 heavy (non-hydrogen) atoms. The number of carbonyl (C=O) groups excluding carboxylic acids is 1. The number of fused-ring (bicyclic) bond motifs is 1. The molecule has 0 N–H and O–H groups in total. The van der Waals surface area contributed by atoms with Crippen LogP contribution in [0, 0.1) is 6.92 Å². The van der Waals surface area contributed by atoms with Gasteiger partial charge in [-0.15, -0.1) is 0 Å². The standard InChI is InChI=1S/C22H23ClN4O2/c1-15-5-3-4-6-16(15)14-26-9-11-27(12-10-26)22(29)20-21(28)18-13-17(23)7-8-19(18)25(2)24-20/h3-8,13H,9-12,14H2,1-2H3. The van der Waals surface area contributed by atoms with Crippen molar-refractivity contribution in [2.75, 3.05) is 26.2 Å². The predicted molar refractivity (Wildman–Crippen MR) is 114 cm³/mol. The smallest absolute Gasteiger partial charge is 0.278 e. The first-order valence-electron chi connectivity index (χ1n) is 9.67. The molecule has 1 saturated heterocycles. The van der Waals surface area contributed by atoms with Gasteiger partial charge in [0.1, 0.15) is 0 Å². The van der Waals surface area contributed by atoms with Crippen molar-refractivity contribution in [3.8, 4) is 0 Å². The van der Waals surface area contributed by atoms with Crippen molar-refractivity contribution in [3.05, 3.63) is 74.5 Å². The third-order valence-electron chi connectivity index (χ3n) is 5.53. The zero-order valence-electron chi connectivity index (χ0n) is 16.6. The summed E-state index contributed by atoms with van der Waals surface area (Å²) >= 11 is 6.05. The van der Waals surface area contributed by atoms with Crippen molar-refractivity contribution in [1.82, 2.24) is 19.6 Å². The first-order valence-corrected chi connectivity index (χ1v) is 10.0. The number of amides is 1. The van der Waals surface area contributed by atoms with Gasteiger partial charge in [0.2, 0.25) is 5.43 Å². The van der Waals surface area contributed by atoms with Gasteiger partial charge in [-0.2, -0.15) is 5.10 Å². The number of nitrogens with zero attached hydrogens (tertiary/aromatic N) is 4. The molecule has 0 unspecified atom stereocenters. The molecule has 4 rings (SSSR count). The van der Waals surface area contributed by atoms with Crippen molar-refractivity contribution in [3.63, 3.8) is 0 Å². The monoisotopic (exact) mass is 410 g/mol. The fourth-order valence-electron chi connectivity index (χ4n) is 3.78. The fraction of sp³-hybridized carbons (Fsp3) is 0.318. The van der Waals surface area contributed by atoms with Gasteiger partial charge in [-0.3, -0.25) is 19.2 Å². The Labute approximate surface area is 174 Å². The molecule has 0 aliphatic carbocycles. The maximum Gasteiger partial charge on any atom is 0.278 e. The molecule has 1 aliphatic rings. The van der Waals surface area contributed by atoms with E-state index in [1.165, 1.54) is 11.1 Å². The summed E-state index contributed by atoms with van der Waals surface area (Å²) in [4.78, 5) is 29.9. The third-order valence-corrected chi connectivity index (χ3v) is 5.77. The van der Waals surface area contributed by atoms with Gasteiger partial charge in [0.05, 0.1) is 10.9 Å². The Kier molecular flexibility index (Phi) is 5.39. The molecule has 2 heterocycles. The van der Waals surface area contributed by atoms with Crippen LogP contribution >= 0.6 is 11.6 Å². The number of carbonyl (C=O) groups is 1. The molecule has 150 valence electrons. The number of benzene rings is 2. The fourth-order valence-corrected chi connectivity index (χ4v) is 3.95. The topological polar surface area (TPSA) is 58.4 Å². The van der Waals surface area contributed by atoms with Crippen LogP contribution in [0.15, 0.2) is 47.3 Å². The first-order chi connectivity index (χ1) is 13.9. The summed E-state index contributed by atoms with van der Waals surface area (Å²) in [6.07, 6.45) is 0. The Morgan fingerprint density at radius 2 is 1.83 bits per heavy atom. The van der Waals surface area contributed by atoms with Gasteiger partial charge in [0, 0.05) is 44.8 Å². The highest BCUT2D eigenvalue weighted by Gasteiger charge is 2.26. The summed E-state index contributed by atoms with van der Waals surface area (Å²) in [7, 11) is 1.73. The molecule has 1 aliphatic heterocycles. The molecule has 0 spiro atoms.